The summed E-state index contributed by atoms with van der Waals surface area (Å²) < 4.78 is 3.00. The number of carbonyl (C=O) groups is 1. The second-order valence-electron chi connectivity index (χ2n) is 5.81. The Bertz CT molecular complexity index is 1100. The number of hydrogen-bond donors (Lipinski definition) is 1. The van der Waals surface area contributed by atoms with Crippen molar-refractivity contribution in [3.8, 4) is 5.69 Å². The zero-order valence-electron chi connectivity index (χ0n) is 14.5. The Kier molecular flexibility index (Phi) is 4.83. The van der Waals surface area contributed by atoms with E-state index >= 15 is 0 Å². The van der Waals surface area contributed by atoms with Crippen LogP contribution in [0.1, 0.15) is 16.1 Å². The van der Waals surface area contributed by atoms with Crippen LogP contribution < -0.4 is 10.9 Å². The van der Waals surface area contributed by atoms with Crippen molar-refractivity contribution in [1.82, 2.24) is 9.36 Å². The summed E-state index contributed by atoms with van der Waals surface area (Å²) in [4.78, 5) is 36.0. The molecule has 8 nitrogen and oxygen atoms in total. The summed E-state index contributed by atoms with van der Waals surface area (Å²) in [5, 5.41) is 13.8. The molecule has 1 aromatic heterocycles. The van der Waals surface area contributed by atoms with Crippen LogP contribution in [-0.4, -0.2) is 20.2 Å². The Labute approximate surface area is 158 Å². The monoisotopic (exact) mass is 386 g/mol. The number of nitrogens with one attached hydrogen (secondary N) is 1. The number of nitrogens with zero attached hydrogens (tertiary/aromatic N) is 3. The number of halogens is 1. The highest BCUT2D eigenvalue weighted by molar-refractivity contribution is 6.31. The fraction of sp³-hybridized carbons (Fsp3) is 0.111. The summed E-state index contributed by atoms with van der Waals surface area (Å²) in [7, 11) is 1.68. The minimum Gasteiger partial charge on any atom is -0.316 e. The summed E-state index contributed by atoms with van der Waals surface area (Å²) in [5.74, 6) is -0.782. The molecule has 1 heterocycles. The van der Waals surface area contributed by atoms with Gasteiger partial charge in [0.05, 0.1) is 16.3 Å². The minimum absolute atomic E-state index is 0.0422. The van der Waals surface area contributed by atoms with E-state index in [9.17, 15) is 19.7 Å². The molecule has 1 amide bonds. The van der Waals surface area contributed by atoms with E-state index < -0.39 is 22.1 Å². The molecule has 0 radical (unpaired) electrons. The number of para-hydroxylation sites is 1. The third-order valence-electron chi connectivity index (χ3n) is 4.19. The minimum atomic E-state index is -0.782. The summed E-state index contributed by atoms with van der Waals surface area (Å²) in [6.07, 6.45) is 0. The molecule has 0 atom stereocenters. The van der Waals surface area contributed by atoms with Crippen LogP contribution in [0.15, 0.2) is 53.3 Å². The number of amides is 1. The quantitative estimate of drug-likeness (QED) is 0.549. The van der Waals surface area contributed by atoms with Crippen LogP contribution >= 0.6 is 11.6 Å². The number of carbonyl (C=O) groups excluding carboxylic acids is 1. The zero-order chi connectivity index (χ0) is 19.7. The lowest BCUT2D eigenvalue weighted by Gasteiger charge is -2.07. The van der Waals surface area contributed by atoms with Crippen molar-refractivity contribution in [2.75, 3.05) is 5.32 Å². The standard InChI is InChI=1S/C18H15ClN4O4/c1-11-16(18(25)22(21(11)2)13-6-4-3-5-7-13)20-17(24)14-10-12(19)8-9-15(14)23(26)27/h3-10H,1-2H3,(H,20,24). The smallest absolute Gasteiger partial charge is 0.295 e. The van der Waals surface area contributed by atoms with Gasteiger partial charge in [0.2, 0.25) is 0 Å². The third kappa shape index (κ3) is 3.34. The topological polar surface area (TPSA) is 99.2 Å². The molecule has 0 aliphatic carbocycles. The van der Waals surface area contributed by atoms with E-state index in [1.807, 2.05) is 6.07 Å². The van der Waals surface area contributed by atoms with Crippen molar-refractivity contribution >= 4 is 28.9 Å². The van der Waals surface area contributed by atoms with E-state index in [0.29, 0.717) is 11.4 Å². The molecule has 0 spiro atoms. The molecule has 0 saturated carbocycles. The van der Waals surface area contributed by atoms with Crippen molar-refractivity contribution in [2.24, 2.45) is 7.05 Å². The molecule has 3 rings (SSSR count). The van der Waals surface area contributed by atoms with Gasteiger partial charge in [-0.1, -0.05) is 29.8 Å². The first-order valence-electron chi connectivity index (χ1n) is 7.90. The maximum atomic E-state index is 12.8. The van der Waals surface area contributed by atoms with Gasteiger partial charge in [-0.25, -0.2) is 4.68 Å². The Morgan fingerprint density at radius 1 is 1.19 bits per heavy atom. The van der Waals surface area contributed by atoms with Gasteiger partial charge in [-0.3, -0.25) is 24.4 Å². The molecular formula is C18H15ClN4O4. The number of nitro groups is 1. The van der Waals surface area contributed by atoms with Crippen LogP contribution in [0.5, 0.6) is 0 Å². The van der Waals surface area contributed by atoms with E-state index in [2.05, 4.69) is 5.32 Å². The molecule has 3 aromatic rings. The lowest BCUT2D eigenvalue weighted by molar-refractivity contribution is -0.385. The van der Waals surface area contributed by atoms with Gasteiger partial charge in [-0.15, -0.1) is 0 Å². The average molecular weight is 387 g/mol. The third-order valence-corrected chi connectivity index (χ3v) is 4.43. The fourth-order valence-electron chi connectivity index (χ4n) is 2.74. The maximum absolute atomic E-state index is 12.8. The molecule has 0 unspecified atom stereocenters. The van der Waals surface area contributed by atoms with Crippen LogP contribution in [0.2, 0.25) is 5.02 Å². The van der Waals surface area contributed by atoms with Crippen molar-refractivity contribution in [3.63, 3.8) is 0 Å². The molecular weight excluding hydrogens is 372 g/mol. The Morgan fingerprint density at radius 3 is 2.48 bits per heavy atom. The number of anilines is 1. The van der Waals surface area contributed by atoms with Gasteiger partial charge in [0.15, 0.2) is 0 Å². The molecule has 2 aromatic carbocycles. The summed E-state index contributed by atoms with van der Waals surface area (Å²) in [6, 6.07) is 12.6. The number of nitro benzene ring substituents is 1. The lowest BCUT2D eigenvalue weighted by Crippen LogP contribution is -2.23. The van der Waals surface area contributed by atoms with Crippen molar-refractivity contribution in [1.29, 1.82) is 0 Å². The second kappa shape index (κ2) is 7.08. The van der Waals surface area contributed by atoms with Crippen LogP contribution in [0.4, 0.5) is 11.4 Å². The van der Waals surface area contributed by atoms with Gasteiger partial charge in [0, 0.05) is 18.1 Å². The fourth-order valence-corrected chi connectivity index (χ4v) is 2.91. The van der Waals surface area contributed by atoms with Gasteiger partial charge in [-0.2, -0.15) is 0 Å². The van der Waals surface area contributed by atoms with Crippen molar-refractivity contribution in [3.05, 3.63) is 85.3 Å². The molecule has 1 N–H and O–H groups in total. The number of aromatic nitrogens is 2. The van der Waals surface area contributed by atoms with E-state index in [1.165, 1.54) is 16.8 Å². The average Bonchev–Trinajstić information content (AvgIpc) is 2.85. The molecule has 0 aliphatic rings. The van der Waals surface area contributed by atoms with Gasteiger partial charge in [0.25, 0.3) is 17.2 Å². The molecule has 0 saturated heterocycles. The Hall–Kier alpha value is -3.39. The number of hydrogen-bond acceptors (Lipinski definition) is 4. The van der Waals surface area contributed by atoms with Crippen LogP contribution in [0.3, 0.4) is 0 Å². The molecule has 0 bridgehead atoms. The highest BCUT2D eigenvalue weighted by atomic mass is 35.5. The van der Waals surface area contributed by atoms with Crippen LogP contribution in [0.25, 0.3) is 5.69 Å². The summed E-state index contributed by atoms with van der Waals surface area (Å²) in [6.45, 7) is 1.67. The Balaban J connectivity index is 2.05. The highest BCUT2D eigenvalue weighted by Crippen LogP contribution is 2.24. The summed E-state index contributed by atoms with van der Waals surface area (Å²) in [5.41, 5.74) is 0.111. The summed E-state index contributed by atoms with van der Waals surface area (Å²) >= 11 is 5.87. The predicted octanol–water partition coefficient (Wildman–Crippen LogP) is 3.30. The van der Waals surface area contributed by atoms with E-state index in [1.54, 1.807) is 42.9 Å². The van der Waals surface area contributed by atoms with E-state index in [4.69, 9.17) is 11.6 Å². The first-order valence-corrected chi connectivity index (χ1v) is 8.28. The number of benzene rings is 2. The van der Waals surface area contributed by atoms with Gasteiger partial charge >= 0.3 is 0 Å². The van der Waals surface area contributed by atoms with Gasteiger partial charge < -0.3 is 5.32 Å². The molecule has 27 heavy (non-hydrogen) atoms. The molecule has 0 fully saturated rings. The van der Waals surface area contributed by atoms with Gasteiger partial charge in [0.1, 0.15) is 11.3 Å². The van der Waals surface area contributed by atoms with E-state index in [0.717, 1.165) is 6.07 Å². The first kappa shape index (κ1) is 18.4. The highest BCUT2D eigenvalue weighted by Gasteiger charge is 2.24. The maximum Gasteiger partial charge on any atom is 0.295 e. The predicted molar refractivity (Wildman–Crippen MR) is 102 cm³/mol. The normalized spacial score (nSPS) is 10.6. The van der Waals surface area contributed by atoms with Crippen LogP contribution in [0, 0.1) is 17.0 Å². The van der Waals surface area contributed by atoms with Crippen molar-refractivity contribution < 1.29 is 9.72 Å². The van der Waals surface area contributed by atoms with Crippen LogP contribution in [-0.2, 0) is 7.05 Å². The van der Waals surface area contributed by atoms with E-state index in [-0.39, 0.29) is 16.3 Å². The Morgan fingerprint density at radius 2 is 1.85 bits per heavy atom. The lowest BCUT2D eigenvalue weighted by atomic mass is 10.1. The zero-order valence-corrected chi connectivity index (χ0v) is 15.2. The second-order valence-corrected chi connectivity index (χ2v) is 6.25. The van der Waals surface area contributed by atoms with Gasteiger partial charge in [-0.05, 0) is 31.2 Å². The molecule has 0 aliphatic heterocycles. The molecule has 138 valence electrons. The largest absolute Gasteiger partial charge is 0.316 e. The number of rotatable bonds is 4. The molecule has 9 heteroatoms. The van der Waals surface area contributed by atoms with Crippen molar-refractivity contribution in [2.45, 2.75) is 6.92 Å². The SMILES string of the molecule is Cc1c(NC(=O)c2cc(Cl)ccc2[N+](=O)[O-])c(=O)n(-c2ccccc2)n1C. The first-order chi connectivity index (χ1) is 12.8.